The van der Waals surface area contributed by atoms with Crippen LogP contribution < -0.4 is 5.73 Å². The third kappa shape index (κ3) is 3.63. The Kier molecular flexibility index (Phi) is 4.76. The molecule has 3 heterocycles. The number of anilines is 1. The van der Waals surface area contributed by atoms with Crippen LogP contribution in [0.25, 0.3) is 22.5 Å². The van der Waals surface area contributed by atoms with Gasteiger partial charge >= 0.3 is 0 Å². The van der Waals surface area contributed by atoms with Crippen LogP contribution in [0.15, 0.2) is 55.0 Å². The minimum absolute atomic E-state index is 0.0179. The minimum atomic E-state index is 0.0179. The number of hydrogen-bond acceptors (Lipinski definition) is 6. The van der Waals surface area contributed by atoms with Crippen molar-refractivity contribution in [3.63, 3.8) is 0 Å². The summed E-state index contributed by atoms with van der Waals surface area (Å²) in [7, 11) is 0. The normalized spacial score (nSPS) is 14.1. The molecule has 0 radical (unpaired) electrons. The van der Waals surface area contributed by atoms with Crippen molar-refractivity contribution in [3.05, 3.63) is 60.6 Å². The van der Waals surface area contributed by atoms with Crippen LogP contribution in [-0.4, -0.2) is 52.1 Å². The van der Waals surface area contributed by atoms with Crippen LogP contribution in [0.2, 0.25) is 0 Å². The lowest BCUT2D eigenvalue weighted by atomic mass is 10.1. The third-order valence-corrected chi connectivity index (χ3v) is 4.46. The van der Waals surface area contributed by atoms with E-state index in [2.05, 4.69) is 15.0 Å². The van der Waals surface area contributed by atoms with Crippen LogP contribution in [0, 0.1) is 0 Å². The Morgan fingerprint density at radius 2 is 1.81 bits per heavy atom. The van der Waals surface area contributed by atoms with E-state index in [1.165, 1.54) is 0 Å². The number of nitrogens with zero attached hydrogens (tertiary/aromatic N) is 4. The monoisotopic (exact) mass is 361 g/mol. The molecule has 0 aliphatic carbocycles. The predicted molar refractivity (Wildman–Crippen MR) is 102 cm³/mol. The zero-order chi connectivity index (χ0) is 18.6. The molecular formula is C20H19N5O2. The molecule has 0 atom stereocenters. The third-order valence-electron chi connectivity index (χ3n) is 4.46. The second-order valence-electron chi connectivity index (χ2n) is 6.21. The molecule has 0 saturated carbocycles. The summed E-state index contributed by atoms with van der Waals surface area (Å²) in [6.45, 7) is 2.42. The van der Waals surface area contributed by atoms with E-state index in [4.69, 9.17) is 10.5 Å². The number of benzene rings is 1. The molecule has 27 heavy (non-hydrogen) atoms. The highest BCUT2D eigenvalue weighted by Crippen LogP contribution is 2.25. The van der Waals surface area contributed by atoms with Gasteiger partial charge in [0.1, 0.15) is 11.5 Å². The number of amides is 1. The molecule has 1 aliphatic heterocycles. The van der Waals surface area contributed by atoms with Crippen molar-refractivity contribution >= 4 is 11.7 Å². The smallest absolute Gasteiger partial charge is 0.254 e. The lowest BCUT2D eigenvalue weighted by molar-refractivity contribution is 0.0303. The lowest BCUT2D eigenvalue weighted by Gasteiger charge is -2.26. The number of hydrogen-bond donors (Lipinski definition) is 1. The molecule has 2 aromatic heterocycles. The molecule has 1 amide bonds. The number of morpholine rings is 1. The molecule has 3 aromatic rings. The summed E-state index contributed by atoms with van der Waals surface area (Å²) in [6.07, 6.45) is 5.03. The summed E-state index contributed by atoms with van der Waals surface area (Å²) in [5.74, 6) is 0.371. The van der Waals surface area contributed by atoms with E-state index in [1.54, 1.807) is 18.6 Å². The minimum Gasteiger partial charge on any atom is -0.382 e. The van der Waals surface area contributed by atoms with E-state index in [-0.39, 0.29) is 5.91 Å². The lowest BCUT2D eigenvalue weighted by Crippen LogP contribution is -2.40. The van der Waals surface area contributed by atoms with Gasteiger partial charge in [-0.15, -0.1) is 0 Å². The molecule has 0 bridgehead atoms. The maximum Gasteiger partial charge on any atom is 0.254 e. The van der Waals surface area contributed by atoms with Gasteiger partial charge in [-0.2, -0.15) is 0 Å². The highest BCUT2D eigenvalue weighted by Gasteiger charge is 2.18. The van der Waals surface area contributed by atoms with Gasteiger partial charge in [0.2, 0.25) is 0 Å². The highest BCUT2D eigenvalue weighted by molar-refractivity contribution is 5.94. The number of carbonyl (C=O) groups is 1. The topological polar surface area (TPSA) is 94.2 Å². The second-order valence-corrected chi connectivity index (χ2v) is 6.21. The first-order valence-electron chi connectivity index (χ1n) is 8.73. The first kappa shape index (κ1) is 17.1. The van der Waals surface area contributed by atoms with Gasteiger partial charge in [0.05, 0.1) is 25.1 Å². The van der Waals surface area contributed by atoms with E-state index >= 15 is 0 Å². The molecule has 7 heteroatoms. The predicted octanol–water partition coefficient (Wildman–Crippen LogP) is 2.26. The molecule has 7 nitrogen and oxygen atoms in total. The molecule has 0 unspecified atom stereocenters. The van der Waals surface area contributed by atoms with Crippen molar-refractivity contribution in [1.82, 2.24) is 19.9 Å². The van der Waals surface area contributed by atoms with Crippen molar-refractivity contribution in [1.29, 1.82) is 0 Å². The Labute approximate surface area is 156 Å². The van der Waals surface area contributed by atoms with E-state index < -0.39 is 0 Å². The van der Waals surface area contributed by atoms with Gasteiger partial charge in [0.15, 0.2) is 0 Å². The number of aromatic nitrogens is 3. The Morgan fingerprint density at radius 3 is 2.52 bits per heavy atom. The Hall–Kier alpha value is -3.32. The van der Waals surface area contributed by atoms with Crippen molar-refractivity contribution < 1.29 is 9.53 Å². The summed E-state index contributed by atoms with van der Waals surface area (Å²) < 4.78 is 5.30. The van der Waals surface area contributed by atoms with Gasteiger partial charge in [-0.1, -0.05) is 12.1 Å². The zero-order valence-corrected chi connectivity index (χ0v) is 14.7. The molecule has 1 aliphatic rings. The summed E-state index contributed by atoms with van der Waals surface area (Å²) in [4.78, 5) is 27.4. The number of nitrogen functional groups attached to an aromatic ring is 1. The maximum absolute atomic E-state index is 12.6. The summed E-state index contributed by atoms with van der Waals surface area (Å²) in [5.41, 5.74) is 9.59. The molecule has 1 fully saturated rings. The van der Waals surface area contributed by atoms with Gasteiger partial charge in [0, 0.05) is 42.2 Å². The Morgan fingerprint density at radius 1 is 1.04 bits per heavy atom. The quantitative estimate of drug-likeness (QED) is 0.769. The first-order valence-corrected chi connectivity index (χ1v) is 8.73. The molecule has 1 saturated heterocycles. The van der Waals surface area contributed by atoms with Crippen LogP contribution in [0.3, 0.4) is 0 Å². The molecule has 2 N–H and O–H groups in total. The van der Waals surface area contributed by atoms with Crippen LogP contribution in [0.5, 0.6) is 0 Å². The largest absolute Gasteiger partial charge is 0.382 e. The highest BCUT2D eigenvalue weighted by atomic mass is 16.5. The number of pyridine rings is 1. The van der Waals surface area contributed by atoms with Crippen LogP contribution in [-0.2, 0) is 4.74 Å². The van der Waals surface area contributed by atoms with Crippen LogP contribution in [0.4, 0.5) is 5.82 Å². The van der Waals surface area contributed by atoms with Gasteiger partial charge in [-0.25, -0.2) is 9.97 Å². The molecule has 1 aromatic carbocycles. The molecule has 4 rings (SSSR count). The van der Waals surface area contributed by atoms with Crippen molar-refractivity contribution in [2.24, 2.45) is 0 Å². The summed E-state index contributed by atoms with van der Waals surface area (Å²) in [5, 5.41) is 0. The van der Waals surface area contributed by atoms with Crippen molar-refractivity contribution in [3.8, 4) is 22.5 Å². The van der Waals surface area contributed by atoms with Gasteiger partial charge in [-0.05, 0) is 24.3 Å². The van der Waals surface area contributed by atoms with E-state index in [1.807, 2.05) is 41.3 Å². The summed E-state index contributed by atoms with van der Waals surface area (Å²) >= 11 is 0. The fraction of sp³-hybridized carbons (Fsp3) is 0.200. The fourth-order valence-corrected chi connectivity index (χ4v) is 2.99. The zero-order valence-electron chi connectivity index (χ0n) is 14.7. The SMILES string of the molecule is Nc1ncc(-c2ccc(C(=O)N3CCOCC3)cc2)nc1-c1cccnc1. The van der Waals surface area contributed by atoms with E-state index in [0.717, 1.165) is 11.1 Å². The van der Waals surface area contributed by atoms with Gasteiger partial charge < -0.3 is 15.4 Å². The fourth-order valence-electron chi connectivity index (χ4n) is 2.99. The maximum atomic E-state index is 12.6. The number of ether oxygens (including phenoxy) is 1. The second kappa shape index (κ2) is 7.51. The Balaban J connectivity index is 1.60. The number of carbonyl (C=O) groups excluding carboxylic acids is 1. The van der Waals surface area contributed by atoms with Crippen LogP contribution >= 0.6 is 0 Å². The van der Waals surface area contributed by atoms with Gasteiger partial charge in [-0.3, -0.25) is 9.78 Å². The van der Waals surface area contributed by atoms with Gasteiger partial charge in [0.25, 0.3) is 5.91 Å². The standard InChI is InChI=1S/C20H19N5O2/c21-19-18(16-2-1-7-22-12-16)24-17(13-23-19)14-3-5-15(6-4-14)20(26)25-8-10-27-11-9-25/h1-7,12-13H,8-11H2,(H2,21,23). The molecule has 0 spiro atoms. The molecule has 136 valence electrons. The molecular weight excluding hydrogens is 342 g/mol. The average molecular weight is 361 g/mol. The number of nitrogens with two attached hydrogens (primary N) is 1. The van der Waals surface area contributed by atoms with Crippen LogP contribution in [0.1, 0.15) is 10.4 Å². The van der Waals surface area contributed by atoms with E-state index in [9.17, 15) is 4.79 Å². The summed E-state index contributed by atoms with van der Waals surface area (Å²) in [6, 6.07) is 11.1. The first-order chi connectivity index (χ1) is 13.2. The van der Waals surface area contributed by atoms with Crippen molar-refractivity contribution in [2.45, 2.75) is 0 Å². The average Bonchev–Trinajstić information content (AvgIpc) is 2.75. The Bertz CT molecular complexity index is 938. The number of rotatable bonds is 3. The van der Waals surface area contributed by atoms with E-state index in [0.29, 0.717) is 49.1 Å². The van der Waals surface area contributed by atoms with Crippen molar-refractivity contribution in [2.75, 3.05) is 32.0 Å².